The maximum Gasteiger partial charge on any atom is 0.373 e. The maximum absolute atomic E-state index is 11.6. The van der Waals surface area contributed by atoms with Crippen molar-refractivity contribution < 1.29 is 13.9 Å². The lowest BCUT2D eigenvalue weighted by molar-refractivity contribution is 0.0563. The molecule has 122 valence electrons. The van der Waals surface area contributed by atoms with E-state index in [1.807, 2.05) is 6.07 Å². The van der Waals surface area contributed by atoms with Gasteiger partial charge in [0.1, 0.15) is 5.76 Å². The van der Waals surface area contributed by atoms with Crippen molar-refractivity contribution in [3.63, 3.8) is 0 Å². The average molecular weight is 313 g/mol. The second kappa shape index (κ2) is 5.76. The molecule has 1 atom stereocenters. The lowest BCUT2D eigenvalue weighted by Gasteiger charge is -2.47. The average Bonchev–Trinajstić information content (AvgIpc) is 2.99. The van der Waals surface area contributed by atoms with E-state index < -0.39 is 5.97 Å². The molecule has 3 rings (SSSR count). The molecule has 0 spiro atoms. The maximum atomic E-state index is 11.6. The van der Waals surface area contributed by atoms with Crippen molar-refractivity contribution in [1.82, 2.24) is 0 Å². The zero-order valence-corrected chi connectivity index (χ0v) is 14.1. The van der Waals surface area contributed by atoms with Gasteiger partial charge in [0.25, 0.3) is 0 Å². The van der Waals surface area contributed by atoms with Crippen LogP contribution in [0.25, 0.3) is 0 Å². The first-order chi connectivity index (χ1) is 10.9. The molecule has 1 aliphatic heterocycles. The number of esters is 1. The molecule has 0 bridgehead atoms. The van der Waals surface area contributed by atoms with Crippen LogP contribution in [-0.2, 0) is 11.3 Å². The summed E-state index contributed by atoms with van der Waals surface area (Å²) in [5, 5.41) is 0. The van der Waals surface area contributed by atoms with Crippen molar-refractivity contribution in [2.24, 2.45) is 0 Å². The number of fused-ring (bicyclic) bond motifs is 1. The van der Waals surface area contributed by atoms with Crippen LogP contribution >= 0.6 is 0 Å². The van der Waals surface area contributed by atoms with Crippen LogP contribution in [0.1, 0.15) is 55.0 Å². The summed E-state index contributed by atoms with van der Waals surface area (Å²) in [6, 6.07) is 12.0. The van der Waals surface area contributed by atoms with Gasteiger partial charge in [0.15, 0.2) is 0 Å². The fraction of sp³-hybridized carbons (Fsp3) is 0.421. The van der Waals surface area contributed by atoms with Crippen molar-refractivity contribution in [2.75, 3.05) is 12.0 Å². The number of rotatable bonds is 3. The first kappa shape index (κ1) is 15.7. The quantitative estimate of drug-likeness (QED) is 0.790. The number of hydrogen-bond acceptors (Lipinski definition) is 4. The number of ether oxygens (including phenoxy) is 1. The third-order valence-electron chi connectivity index (χ3n) is 4.66. The molecule has 0 N–H and O–H groups in total. The number of hydrogen-bond donors (Lipinski definition) is 0. The van der Waals surface area contributed by atoms with E-state index in [-0.39, 0.29) is 11.3 Å². The third kappa shape index (κ3) is 2.85. The zero-order chi connectivity index (χ0) is 16.6. The van der Waals surface area contributed by atoms with Crippen molar-refractivity contribution in [2.45, 2.75) is 45.2 Å². The smallest absolute Gasteiger partial charge is 0.373 e. The van der Waals surface area contributed by atoms with Crippen LogP contribution in [0.3, 0.4) is 0 Å². The summed E-state index contributed by atoms with van der Waals surface area (Å²) >= 11 is 0. The van der Waals surface area contributed by atoms with E-state index in [9.17, 15) is 4.79 Å². The van der Waals surface area contributed by atoms with Crippen LogP contribution in [0.2, 0.25) is 0 Å². The molecular weight excluding hydrogens is 290 g/mol. The minimum atomic E-state index is -0.442. The molecule has 4 heteroatoms. The number of furan rings is 1. The molecule has 1 aliphatic rings. The number of para-hydroxylation sites is 1. The van der Waals surface area contributed by atoms with Gasteiger partial charge in [-0.25, -0.2) is 4.79 Å². The highest BCUT2D eigenvalue weighted by atomic mass is 16.5. The fourth-order valence-corrected chi connectivity index (χ4v) is 3.57. The van der Waals surface area contributed by atoms with E-state index in [0.717, 1.165) is 12.2 Å². The van der Waals surface area contributed by atoms with Gasteiger partial charge in [0, 0.05) is 11.2 Å². The second-order valence-corrected chi connectivity index (χ2v) is 6.82. The molecule has 0 unspecified atom stereocenters. The number of methoxy groups -OCH3 is 1. The van der Waals surface area contributed by atoms with Crippen LogP contribution in [0.5, 0.6) is 0 Å². The largest absolute Gasteiger partial charge is 0.463 e. The van der Waals surface area contributed by atoms with Gasteiger partial charge in [-0.05, 0) is 49.9 Å². The Morgan fingerprint density at radius 1 is 1.30 bits per heavy atom. The molecule has 0 aliphatic carbocycles. The molecule has 2 aromatic rings. The van der Waals surface area contributed by atoms with Crippen LogP contribution in [0, 0.1) is 0 Å². The number of benzene rings is 1. The number of anilines is 1. The highest BCUT2D eigenvalue weighted by Gasteiger charge is 2.36. The molecule has 1 aromatic carbocycles. The molecule has 0 saturated carbocycles. The SMILES string of the molecule is COC(=O)c1ccc(CN2c3ccccc3[C@H](C)CC2(C)C)o1. The normalized spacial score (nSPS) is 19.3. The van der Waals surface area contributed by atoms with Gasteiger partial charge in [0.05, 0.1) is 13.7 Å². The van der Waals surface area contributed by atoms with Gasteiger partial charge in [0.2, 0.25) is 5.76 Å². The number of carbonyl (C=O) groups is 1. The minimum absolute atomic E-state index is 0.0198. The predicted molar refractivity (Wildman–Crippen MR) is 89.8 cm³/mol. The van der Waals surface area contributed by atoms with E-state index >= 15 is 0 Å². The van der Waals surface area contributed by atoms with Gasteiger partial charge >= 0.3 is 5.97 Å². The van der Waals surface area contributed by atoms with Crippen LogP contribution in [0.4, 0.5) is 5.69 Å². The Bertz CT molecular complexity index is 717. The Hall–Kier alpha value is -2.23. The Balaban J connectivity index is 1.93. The van der Waals surface area contributed by atoms with Crippen LogP contribution in [-0.4, -0.2) is 18.6 Å². The predicted octanol–water partition coefficient (Wildman–Crippen LogP) is 4.36. The molecule has 0 saturated heterocycles. The molecule has 0 radical (unpaired) electrons. The van der Waals surface area contributed by atoms with E-state index in [0.29, 0.717) is 12.5 Å². The monoisotopic (exact) mass is 313 g/mol. The molecule has 4 nitrogen and oxygen atoms in total. The van der Waals surface area contributed by atoms with E-state index in [1.54, 1.807) is 6.07 Å². The molecule has 0 amide bonds. The van der Waals surface area contributed by atoms with E-state index in [1.165, 1.54) is 18.4 Å². The van der Waals surface area contributed by atoms with Crippen molar-refractivity contribution >= 4 is 11.7 Å². The summed E-state index contributed by atoms with van der Waals surface area (Å²) in [4.78, 5) is 13.9. The van der Waals surface area contributed by atoms with Crippen LogP contribution < -0.4 is 4.90 Å². The molecular formula is C19H23NO3. The Labute approximate surface area is 137 Å². The van der Waals surface area contributed by atoms with E-state index in [2.05, 4.69) is 49.9 Å². The van der Waals surface area contributed by atoms with Gasteiger partial charge < -0.3 is 14.1 Å². The van der Waals surface area contributed by atoms with Gasteiger partial charge in [-0.2, -0.15) is 0 Å². The van der Waals surface area contributed by atoms with Crippen molar-refractivity contribution in [3.8, 4) is 0 Å². The Morgan fingerprint density at radius 3 is 2.78 bits per heavy atom. The minimum Gasteiger partial charge on any atom is -0.463 e. The topological polar surface area (TPSA) is 42.7 Å². The highest BCUT2D eigenvalue weighted by molar-refractivity contribution is 5.86. The standard InChI is InChI=1S/C19H23NO3/c1-13-11-19(2,3)20(16-8-6-5-7-15(13)16)12-14-9-10-17(23-14)18(21)22-4/h5-10,13H,11-12H2,1-4H3/t13-/m1/s1. The van der Waals surface area contributed by atoms with Crippen molar-refractivity contribution in [1.29, 1.82) is 0 Å². The molecule has 1 aromatic heterocycles. The third-order valence-corrected chi connectivity index (χ3v) is 4.66. The fourth-order valence-electron chi connectivity index (χ4n) is 3.57. The number of nitrogens with zero attached hydrogens (tertiary/aromatic N) is 1. The van der Waals surface area contributed by atoms with Gasteiger partial charge in [-0.15, -0.1) is 0 Å². The first-order valence-corrected chi connectivity index (χ1v) is 7.96. The lowest BCUT2D eigenvalue weighted by atomic mass is 9.80. The molecule has 2 heterocycles. The first-order valence-electron chi connectivity index (χ1n) is 7.96. The summed E-state index contributed by atoms with van der Waals surface area (Å²) in [5.41, 5.74) is 2.63. The van der Waals surface area contributed by atoms with Gasteiger partial charge in [-0.3, -0.25) is 0 Å². The van der Waals surface area contributed by atoms with E-state index in [4.69, 9.17) is 9.15 Å². The van der Waals surface area contributed by atoms with Crippen LogP contribution in [0.15, 0.2) is 40.8 Å². The summed E-state index contributed by atoms with van der Waals surface area (Å²) in [6.07, 6.45) is 1.08. The summed E-state index contributed by atoms with van der Waals surface area (Å²) in [7, 11) is 1.36. The highest BCUT2D eigenvalue weighted by Crippen LogP contribution is 2.43. The second-order valence-electron chi connectivity index (χ2n) is 6.82. The molecule has 0 fully saturated rings. The summed E-state index contributed by atoms with van der Waals surface area (Å²) in [6.45, 7) is 7.42. The van der Waals surface area contributed by atoms with Gasteiger partial charge in [-0.1, -0.05) is 25.1 Å². The van der Waals surface area contributed by atoms with Crippen molar-refractivity contribution in [3.05, 3.63) is 53.5 Å². The summed E-state index contributed by atoms with van der Waals surface area (Å²) < 4.78 is 10.4. The lowest BCUT2D eigenvalue weighted by Crippen LogP contribution is -2.47. The molecule has 23 heavy (non-hydrogen) atoms. The summed E-state index contributed by atoms with van der Waals surface area (Å²) in [5.74, 6) is 1.10. The zero-order valence-electron chi connectivity index (χ0n) is 14.1. The number of carbonyl (C=O) groups excluding carboxylic acids is 1. The Kier molecular flexibility index (Phi) is 3.92. The Morgan fingerprint density at radius 2 is 2.04 bits per heavy atom.